The maximum Gasteiger partial charge on any atom is 0.251 e. The molecule has 0 atom stereocenters. The lowest BCUT2D eigenvalue weighted by molar-refractivity contribution is 0.0499. The summed E-state index contributed by atoms with van der Waals surface area (Å²) in [5.74, 6) is 1.23. The molecule has 4 rings (SSSR count). The molecule has 1 aromatic carbocycles. The molecule has 24 heavy (non-hydrogen) atoms. The van der Waals surface area contributed by atoms with Gasteiger partial charge in [0.15, 0.2) is 11.5 Å². The Balaban J connectivity index is 1.49. The molecule has 0 radical (unpaired) electrons. The topological polar surface area (TPSA) is 56.8 Å². The number of ether oxygens (including phenoxy) is 3. The highest BCUT2D eigenvalue weighted by molar-refractivity contribution is 7.10. The SMILES string of the molecule is O=C(NCC1(c2cccs2)CCOCC1)c1ccc2c(c1)OCO2. The Kier molecular flexibility index (Phi) is 4.16. The molecule has 0 bridgehead atoms. The van der Waals surface area contributed by atoms with Gasteiger partial charge in [-0.25, -0.2) is 0 Å². The Bertz CT molecular complexity index is 723. The van der Waals surface area contributed by atoms with Crippen LogP contribution in [0.15, 0.2) is 35.7 Å². The minimum atomic E-state index is -0.0873. The molecule has 126 valence electrons. The van der Waals surface area contributed by atoms with Gasteiger partial charge in [0.1, 0.15) is 0 Å². The van der Waals surface area contributed by atoms with Gasteiger partial charge in [0.25, 0.3) is 5.91 Å². The molecule has 0 saturated carbocycles. The summed E-state index contributed by atoms with van der Waals surface area (Å²) in [7, 11) is 0. The van der Waals surface area contributed by atoms with Crippen molar-refractivity contribution >= 4 is 17.2 Å². The van der Waals surface area contributed by atoms with Gasteiger partial charge in [-0.05, 0) is 42.5 Å². The molecule has 0 spiro atoms. The van der Waals surface area contributed by atoms with Crippen LogP contribution in [0.4, 0.5) is 0 Å². The summed E-state index contributed by atoms with van der Waals surface area (Å²) >= 11 is 1.75. The van der Waals surface area contributed by atoms with E-state index in [1.807, 2.05) is 0 Å². The molecule has 1 N–H and O–H groups in total. The minimum Gasteiger partial charge on any atom is -0.454 e. The van der Waals surface area contributed by atoms with Gasteiger partial charge in [0, 0.05) is 35.6 Å². The molecule has 1 amide bonds. The standard InChI is InChI=1S/C18H19NO4S/c20-17(13-3-4-14-15(10-13)23-12-22-14)19-11-18(5-7-21-8-6-18)16-2-1-9-24-16/h1-4,9-10H,5-8,11-12H2,(H,19,20). The lowest BCUT2D eigenvalue weighted by Gasteiger charge is -2.36. The van der Waals surface area contributed by atoms with Gasteiger partial charge in [-0.3, -0.25) is 4.79 Å². The monoisotopic (exact) mass is 345 g/mol. The maximum atomic E-state index is 12.6. The number of carbonyl (C=O) groups excluding carboxylic acids is 1. The number of rotatable bonds is 4. The van der Waals surface area contributed by atoms with Gasteiger partial charge in [0.2, 0.25) is 6.79 Å². The first-order valence-electron chi connectivity index (χ1n) is 8.06. The van der Waals surface area contributed by atoms with Crippen LogP contribution in [0.2, 0.25) is 0 Å². The van der Waals surface area contributed by atoms with Crippen molar-refractivity contribution in [2.24, 2.45) is 0 Å². The van der Waals surface area contributed by atoms with Crippen molar-refractivity contribution < 1.29 is 19.0 Å². The van der Waals surface area contributed by atoms with Crippen molar-refractivity contribution in [2.75, 3.05) is 26.6 Å². The summed E-state index contributed by atoms with van der Waals surface area (Å²) in [4.78, 5) is 13.9. The molecule has 5 nitrogen and oxygen atoms in total. The zero-order valence-electron chi connectivity index (χ0n) is 13.2. The molecule has 2 aromatic rings. The van der Waals surface area contributed by atoms with E-state index in [1.54, 1.807) is 29.5 Å². The van der Waals surface area contributed by atoms with E-state index in [9.17, 15) is 4.79 Å². The first kappa shape index (κ1) is 15.5. The fourth-order valence-electron chi connectivity index (χ4n) is 3.24. The van der Waals surface area contributed by atoms with Gasteiger partial charge < -0.3 is 19.5 Å². The number of hydrogen-bond acceptors (Lipinski definition) is 5. The van der Waals surface area contributed by atoms with Gasteiger partial charge in [-0.1, -0.05) is 6.07 Å². The summed E-state index contributed by atoms with van der Waals surface area (Å²) in [5, 5.41) is 5.19. The van der Waals surface area contributed by atoms with E-state index in [4.69, 9.17) is 14.2 Å². The van der Waals surface area contributed by atoms with Crippen molar-refractivity contribution in [3.63, 3.8) is 0 Å². The highest BCUT2D eigenvalue weighted by atomic mass is 32.1. The van der Waals surface area contributed by atoms with E-state index in [0.29, 0.717) is 23.6 Å². The molecule has 2 aliphatic rings. The van der Waals surface area contributed by atoms with Crippen molar-refractivity contribution in [1.82, 2.24) is 5.32 Å². The Labute approximate surface area is 144 Å². The van der Waals surface area contributed by atoms with E-state index in [1.165, 1.54) is 4.88 Å². The molecule has 6 heteroatoms. The predicted octanol–water partition coefficient (Wildman–Crippen LogP) is 2.96. The fraction of sp³-hybridized carbons (Fsp3) is 0.389. The second-order valence-corrected chi connectivity index (χ2v) is 7.07. The molecular formula is C18H19NO4S. The first-order chi connectivity index (χ1) is 11.8. The lowest BCUT2D eigenvalue weighted by Crippen LogP contribution is -2.44. The number of nitrogens with one attached hydrogen (secondary N) is 1. The van der Waals surface area contributed by atoms with Gasteiger partial charge in [0.05, 0.1) is 0 Å². The Hall–Kier alpha value is -2.05. The second kappa shape index (κ2) is 6.45. The summed E-state index contributed by atoms with van der Waals surface area (Å²) in [6.45, 7) is 2.29. The smallest absolute Gasteiger partial charge is 0.251 e. The third kappa shape index (κ3) is 2.87. The number of carbonyl (C=O) groups is 1. The van der Waals surface area contributed by atoms with Gasteiger partial charge >= 0.3 is 0 Å². The predicted molar refractivity (Wildman–Crippen MR) is 90.9 cm³/mol. The average molecular weight is 345 g/mol. The first-order valence-corrected chi connectivity index (χ1v) is 8.94. The molecule has 3 heterocycles. The summed E-state index contributed by atoms with van der Waals surface area (Å²) in [5.41, 5.74) is 0.561. The quantitative estimate of drug-likeness (QED) is 0.926. The Morgan fingerprint density at radius 1 is 1.17 bits per heavy atom. The highest BCUT2D eigenvalue weighted by Gasteiger charge is 2.35. The van der Waals surface area contributed by atoms with Crippen LogP contribution in [-0.2, 0) is 10.2 Å². The van der Waals surface area contributed by atoms with Crippen molar-refractivity contribution in [1.29, 1.82) is 0 Å². The minimum absolute atomic E-state index is 0.0293. The number of fused-ring (bicyclic) bond motifs is 1. The largest absolute Gasteiger partial charge is 0.454 e. The van der Waals surface area contributed by atoms with Crippen LogP contribution in [0.1, 0.15) is 28.1 Å². The van der Waals surface area contributed by atoms with Crippen molar-refractivity contribution in [3.8, 4) is 11.5 Å². The fourth-order valence-corrected chi connectivity index (χ4v) is 4.23. The van der Waals surface area contributed by atoms with E-state index in [2.05, 4.69) is 22.8 Å². The second-order valence-electron chi connectivity index (χ2n) is 6.12. The highest BCUT2D eigenvalue weighted by Crippen LogP contribution is 2.37. The average Bonchev–Trinajstić information content (AvgIpc) is 3.31. The van der Waals surface area contributed by atoms with Gasteiger partial charge in [-0.15, -0.1) is 11.3 Å². The maximum absolute atomic E-state index is 12.6. The van der Waals surface area contributed by atoms with E-state index < -0.39 is 0 Å². The molecular weight excluding hydrogens is 326 g/mol. The third-order valence-corrected chi connectivity index (χ3v) is 5.83. The normalized spacial score (nSPS) is 18.3. The number of hydrogen-bond donors (Lipinski definition) is 1. The van der Waals surface area contributed by atoms with E-state index >= 15 is 0 Å². The van der Waals surface area contributed by atoms with Crippen LogP contribution in [0.25, 0.3) is 0 Å². The Morgan fingerprint density at radius 3 is 2.79 bits per heavy atom. The van der Waals surface area contributed by atoms with Crippen molar-refractivity contribution in [2.45, 2.75) is 18.3 Å². The number of benzene rings is 1. The van der Waals surface area contributed by atoms with Crippen LogP contribution >= 0.6 is 11.3 Å². The number of thiophene rings is 1. The van der Waals surface area contributed by atoms with Crippen LogP contribution < -0.4 is 14.8 Å². The van der Waals surface area contributed by atoms with Gasteiger partial charge in [-0.2, -0.15) is 0 Å². The summed E-state index contributed by atoms with van der Waals surface area (Å²) < 4.78 is 16.2. The molecule has 0 aliphatic carbocycles. The van der Waals surface area contributed by atoms with Crippen LogP contribution in [0.3, 0.4) is 0 Å². The molecule has 0 unspecified atom stereocenters. The third-order valence-electron chi connectivity index (χ3n) is 4.72. The molecule has 1 aromatic heterocycles. The lowest BCUT2D eigenvalue weighted by atomic mass is 9.78. The van der Waals surface area contributed by atoms with E-state index in [0.717, 1.165) is 26.1 Å². The molecule has 2 aliphatic heterocycles. The van der Waals surface area contributed by atoms with Crippen LogP contribution in [0, 0.1) is 0 Å². The van der Waals surface area contributed by atoms with Crippen LogP contribution in [-0.4, -0.2) is 32.5 Å². The molecule has 1 saturated heterocycles. The Morgan fingerprint density at radius 2 is 2.00 bits per heavy atom. The summed E-state index contributed by atoms with van der Waals surface area (Å²) in [6, 6.07) is 9.50. The zero-order valence-corrected chi connectivity index (χ0v) is 14.1. The number of amides is 1. The van der Waals surface area contributed by atoms with Crippen LogP contribution in [0.5, 0.6) is 11.5 Å². The summed E-state index contributed by atoms with van der Waals surface area (Å²) in [6.07, 6.45) is 1.85. The van der Waals surface area contributed by atoms with E-state index in [-0.39, 0.29) is 18.1 Å². The van der Waals surface area contributed by atoms with Crippen molar-refractivity contribution in [3.05, 3.63) is 46.2 Å². The zero-order chi connectivity index (χ0) is 16.4. The molecule has 1 fully saturated rings.